The van der Waals surface area contributed by atoms with Crippen molar-refractivity contribution in [3.63, 3.8) is 0 Å². The molecule has 5 aromatic carbocycles. The minimum absolute atomic E-state index is 0.00649. The molecule has 0 unspecified atom stereocenters. The minimum atomic E-state index is -0.00649. The van der Waals surface area contributed by atoms with E-state index in [0.29, 0.717) is 0 Å². The van der Waals surface area contributed by atoms with Gasteiger partial charge in [-0.05, 0) is 144 Å². The monoisotopic (exact) mass is 755 g/mol. The zero-order valence-electron chi connectivity index (χ0n) is 38.0. The number of hydrogen-bond donors (Lipinski definition) is 0. The first-order valence-corrected chi connectivity index (χ1v) is 21.6. The van der Waals surface area contributed by atoms with Crippen LogP contribution in [0.25, 0.3) is 0 Å². The molecule has 0 atom stereocenters. The second-order valence-electron chi connectivity index (χ2n) is 23.1. The van der Waals surface area contributed by atoms with Crippen molar-refractivity contribution in [1.82, 2.24) is 0 Å². The van der Waals surface area contributed by atoms with E-state index in [1.807, 2.05) is 0 Å². The van der Waals surface area contributed by atoms with E-state index in [9.17, 15) is 0 Å². The molecule has 0 radical (unpaired) electrons. The van der Waals surface area contributed by atoms with E-state index in [-0.39, 0.29) is 39.2 Å². The van der Waals surface area contributed by atoms with Gasteiger partial charge in [-0.25, -0.2) is 0 Å². The molecule has 2 heterocycles. The molecule has 3 aliphatic rings. The van der Waals surface area contributed by atoms with Crippen molar-refractivity contribution in [2.75, 3.05) is 9.80 Å². The third kappa shape index (κ3) is 6.56. The standard InChI is InChI=1S/C54H67BN2/c1-49(2,3)34-20-23-38(24-21-34)56-44-25-22-35(50(4,5)6)31-42(44)55-43-32-40-41(54(15,16)27-26-53(40,13)14)33-47(43)57(46-19-17-18-45(56)48(46)55)39-29-36(51(7,8)9)28-37(30-39)52(10,11)12/h17-25,28-33H,26-27H2,1-16H3. The Morgan fingerprint density at radius 1 is 0.421 bits per heavy atom. The highest BCUT2D eigenvalue weighted by molar-refractivity contribution is 7.00. The van der Waals surface area contributed by atoms with Crippen LogP contribution in [0.5, 0.6) is 0 Å². The Morgan fingerprint density at radius 3 is 1.39 bits per heavy atom. The van der Waals surface area contributed by atoms with Crippen LogP contribution in [-0.4, -0.2) is 6.71 Å². The Labute approximate surface area is 346 Å². The van der Waals surface area contributed by atoms with Gasteiger partial charge in [-0.1, -0.05) is 153 Å². The summed E-state index contributed by atoms with van der Waals surface area (Å²) in [6.45, 7) is 38.1. The maximum Gasteiger partial charge on any atom is 0.252 e. The van der Waals surface area contributed by atoms with Gasteiger partial charge in [-0.15, -0.1) is 0 Å². The van der Waals surface area contributed by atoms with E-state index in [4.69, 9.17) is 0 Å². The molecule has 0 saturated heterocycles. The molecule has 57 heavy (non-hydrogen) atoms. The fourth-order valence-electron chi connectivity index (χ4n) is 9.74. The van der Waals surface area contributed by atoms with Crippen molar-refractivity contribution in [3.05, 3.63) is 124 Å². The second-order valence-corrected chi connectivity index (χ2v) is 23.1. The molecule has 3 heteroatoms. The Bertz CT molecular complexity index is 2370. The molecule has 1 aliphatic carbocycles. The molecule has 296 valence electrons. The van der Waals surface area contributed by atoms with Crippen molar-refractivity contribution >= 4 is 57.2 Å². The Balaban J connectivity index is 1.51. The maximum absolute atomic E-state index is 2.67. The zero-order valence-corrected chi connectivity index (χ0v) is 38.0. The molecule has 2 nitrogen and oxygen atoms in total. The summed E-state index contributed by atoms with van der Waals surface area (Å²) in [6.07, 6.45) is 2.37. The van der Waals surface area contributed by atoms with Gasteiger partial charge in [0.05, 0.1) is 0 Å². The van der Waals surface area contributed by atoms with Gasteiger partial charge in [0.15, 0.2) is 0 Å². The topological polar surface area (TPSA) is 6.48 Å². The molecular weight excluding hydrogens is 687 g/mol. The average Bonchev–Trinajstić information content (AvgIpc) is 3.11. The minimum Gasteiger partial charge on any atom is -0.311 e. The predicted octanol–water partition coefficient (Wildman–Crippen LogP) is 13.3. The molecular formula is C54H67BN2. The van der Waals surface area contributed by atoms with Gasteiger partial charge in [-0.3, -0.25) is 0 Å². The smallest absolute Gasteiger partial charge is 0.252 e. The van der Waals surface area contributed by atoms with Gasteiger partial charge in [0, 0.05) is 34.1 Å². The number of nitrogens with zero attached hydrogens (tertiary/aromatic N) is 2. The molecule has 0 spiro atoms. The summed E-state index contributed by atoms with van der Waals surface area (Å²) >= 11 is 0. The van der Waals surface area contributed by atoms with Crippen LogP contribution in [-0.2, 0) is 32.5 Å². The molecule has 0 bridgehead atoms. The summed E-state index contributed by atoms with van der Waals surface area (Å²) in [5, 5.41) is 0. The first kappa shape index (κ1) is 39.6. The number of rotatable bonds is 2. The van der Waals surface area contributed by atoms with Crippen LogP contribution in [0.2, 0.25) is 0 Å². The third-order valence-electron chi connectivity index (χ3n) is 13.7. The summed E-state index contributed by atoms with van der Waals surface area (Å²) in [7, 11) is 0. The van der Waals surface area contributed by atoms with Gasteiger partial charge in [0.2, 0.25) is 0 Å². The van der Waals surface area contributed by atoms with Crippen molar-refractivity contribution in [1.29, 1.82) is 0 Å². The highest BCUT2D eigenvalue weighted by Crippen LogP contribution is 2.51. The van der Waals surface area contributed by atoms with E-state index in [2.05, 4.69) is 212 Å². The summed E-state index contributed by atoms with van der Waals surface area (Å²) in [6, 6.07) is 36.6. The highest BCUT2D eigenvalue weighted by Gasteiger charge is 2.46. The Kier molecular flexibility index (Phi) is 8.77. The molecule has 0 fully saturated rings. The quantitative estimate of drug-likeness (QED) is 0.162. The molecule has 2 aliphatic heterocycles. The van der Waals surface area contributed by atoms with E-state index < -0.39 is 0 Å². The first-order chi connectivity index (χ1) is 26.3. The fourth-order valence-corrected chi connectivity index (χ4v) is 9.74. The van der Waals surface area contributed by atoms with Gasteiger partial charge in [-0.2, -0.15) is 0 Å². The Hall–Kier alpha value is -4.24. The van der Waals surface area contributed by atoms with Crippen LogP contribution in [0.1, 0.15) is 157 Å². The SMILES string of the molecule is CC(C)(C)c1ccc(N2c3ccc(C(C)(C)C)cc3B3c4cc5c(cc4N(c4cc(C(C)(C)C)cc(C(C)(C)C)c4)c4cccc2c43)C(C)(C)CCC5(C)C)cc1. The fraction of sp³-hybridized carbons (Fsp3) is 0.444. The molecule has 0 aromatic heterocycles. The van der Waals surface area contributed by atoms with E-state index in [1.165, 1.54) is 96.7 Å². The third-order valence-corrected chi connectivity index (χ3v) is 13.7. The van der Waals surface area contributed by atoms with Gasteiger partial charge >= 0.3 is 0 Å². The molecule has 0 saturated carbocycles. The largest absolute Gasteiger partial charge is 0.311 e. The van der Waals surface area contributed by atoms with Crippen molar-refractivity contribution in [2.24, 2.45) is 0 Å². The number of fused-ring (bicyclic) bond motifs is 5. The molecule has 0 amide bonds. The van der Waals surface area contributed by atoms with Crippen molar-refractivity contribution in [3.8, 4) is 0 Å². The number of anilines is 6. The van der Waals surface area contributed by atoms with Crippen LogP contribution in [0.15, 0.2) is 91.0 Å². The highest BCUT2D eigenvalue weighted by atomic mass is 15.2. The van der Waals surface area contributed by atoms with Crippen molar-refractivity contribution < 1.29 is 0 Å². The number of benzene rings is 5. The molecule has 5 aromatic rings. The van der Waals surface area contributed by atoms with Crippen LogP contribution in [0.3, 0.4) is 0 Å². The zero-order chi connectivity index (χ0) is 41.4. The lowest BCUT2D eigenvalue weighted by atomic mass is 9.33. The summed E-state index contributed by atoms with van der Waals surface area (Å²) in [5.41, 5.74) is 20.6. The van der Waals surface area contributed by atoms with Gasteiger partial charge < -0.3 is 9.80 Å². The summed E-state index contributed by atoms with van der Waals surface area (Å²) in [5.74, 6) is 0. The van der Waals surface area contributed by atoms with Crippen LogP contribution in [0, 0.1) is 0 Å². The van der Waals surface area contributed by atoms with Crippen LogP contribution in [0.4, 0.5) is 34.1 Å². The van der Waals surface area contributed by atoms with E-state index in [1.54, 1.807) is 0 Å². The van der Waals surface area contributed by atoms with Crippen LogP contribution < -0.4 is 26.2 Å². The average molecular weight is 755 g/mol. The second kappa shape index (κ2) is 12.6. The van der Waals surface area contributed by atoms with Gasteiger partial charge in [0.25, 0.3) is 6.71 Å². The van der Waals surface area contributed by atoms with Gasteiger partial charge in [0.1, 0.15) is 0 Å². The first-order valence-electron chi connectivity index (χ1n) is 21.6. The summed E-state index contributed by atoms with van der Waals surface area (Å²) in [4.78, 5) is 5.22. The number of hydrogen-bond acceptors (Lipinski definition) is 2. The molecule has 0 N–H and O–H groups in total. The normalized spacial score (nSPS) is 17.2. The Morgan fingerprint density at radius 2 is 0.877 bits per heavy atom. The summed E-state index contributed by atoms with van der Waals surface area (Å²) < 4.78 is 0. The van der Waals surface area contributed by atoms with Crippen molar-refractivity contribution in [2.45, 2.75) is 156 Å². The lowest BCUT2D eigenvalue weighted by Crippen LogP contribution is -2.62. The van der Waals surface area contributed by atoms with E-state index in [0.717, 1.165) is 0 Å². The molecule has 8 rings (SSSR count). The lowest BCUT2D eigenvalue weighted by Gasteiger charge is -2.47. The van der Waals surface area contributed by atoms with E-state index >= 15 is 0 Å². The predicted molar refractivity (Wildman–Crippen MR) is 251 cm³/mol. The lowest BCUT2D eigenvalue weighted by molar-refractivity contribution is 0.332. The maximum atomic E-state index is 2.67. The van der Waals surface area contributed by atoms with Crippen LogP contribution >= 0.6 is 0 Å².